The van der Waals surface area contributed by atoms with Crippen molar-refractivity contribution < 1.29 is 9.53 Å². The first-order valence-corrected chi connectivity index (χ1v) is 5.07. The van der Waals surface area contributed by atoms with Crippen LogP contribution in [0.5, 0.6) is 0 Å². The molecule has 0 radical (unpaired) electrons. The summed E-state index contributed by atoms with van der Waals surface area (Å²) >= 11 is 0. The van der Waals surface area contributed by atoms with Gasteiger partial charge in [0.25, 0.3) is 5.91 Å². The molecule has 0 aromatic carbocycles. The van der Waals surface area contributed by atoms with E-state index in [0.717, 1.165) is 19.3 Å². The second-order valence-electron chi connectivity index (χ2n) is 4.17. The number of amides is 1. The molecule has 1 aliphatic carbocycles. The van der Waals surface area contributed by atoms with E-state index in [9.17, 15) is 4.79 Å². The summed E-state index contributed by atoms with van der Waals surface area (Å²) in [6.45, 7) is 3.56. The van der Waals surface area contributed by atoms with Crippen LogP contribution in [0.1, 0.15) is 33.1 Å². The molecule has 3 heteroatoms. The van der Waals surface area contributed by atoms with Crippen LogP contribution in [0.4, 0.5) is 0 Å². The lowest BCUT2D eigenvalue weighted by atomic mass is 10.0. The lowest BCUT2D eigenvalue weighted by Gasteiger charge is -2.26. The lowest BCUT2D eigenvalue weighted by Crippen LogP contribution is -2.48. The molecule has 1 N–H and O–H groups in total. The fourth-order valence-corrected chi connectivity index (χ4v) is 1.38. The topological polar surface area (TPSA) is 38.3 Å². The van der Waals surface area contributed by atoms with E-state index in [1.807, 2.05) is 0 Å². The van der Waals surface area contributed by atoms with Gasteiger partial charge in [-0.25, -0.2) is 0 Å². The number of carbonyl (C=O) groups is 1. The van der Waals surface area contributed by atoms with Crippen LogP contribution >= 0.6 is 0 Å². The zero-order valence-corrected chi connectivity index (χ0v) is 9.17. The standard InChI is InChI=1S/C11H19NO2/c1-11(2,14-3)10(13)12-9-7-5-4-6-8-9/h4-5,9H,6-8H2,1-3H3,(H,12,13). The van der Waals surface area contributed by atoms with Crippen LogP contribution in [0.3, 0.4) is 0 Å². The number of carbonyl (C=O) groups excluding carboxylic acids is 1. The minimum Gasteiger partial charge on any atom is -0.369 e. The third-order valence-electron chi connectivity index (χ3n) is 2.66. The van der Waals surface area contributed by atoms with Crippen molar-refractivity contribution in [3.63, 3.8) is 0 Å². The molecule has 14 heavy (non-hydrogen) atoms. The fourth-order valence-electron chi connectivity index (χ4n) is 1.38. The van der Waals surface area contributed by atoms with E-state index in [4.69, 9.17) is 4.74 Å². The van der Waals surface area contributed by atoms with Crippen LogP contribution in [0.25, 0.3) is 0 Å². The minimum atomic E-state index is -0.721. The number of nitrogens with one attached hydrogen (secondary N) is 1. The van der Waals surface area contributed by atoms with Gasteiger partial charge in [0.15, 0.2) is 0 Å². The molecule has 3 nitrogen and oxygen atoms in total. The van der Waals surface area contributed by atoms with E-state index in [0.29, 0.717) is 0 Å². The molecule has 1 amide bonds. The molecule has 0 aliphatic heterocycles. The van der Waals surface area contributed by atoms with E-state index in [1.165, 1.54) is 0 Å². The highest BCUT2D eigenvalue weighted by Gasteiger charge is 2.28. The summed E-state index contributed by atoms with van der Waals surface area (Å²) in [7, 11) is 1.56. The molecule has 0 bridgehead atoms. The second-order valence-corrected chi connectivity index (χ2v) is 4.17. The maximum Gasteiger partial charge on any atom is 0.251 e. The summed E-state index contributed by atoms with van der Waals surface area (Å²) < 4.78 is 5.11. The Morgan fingerprint density at radius 1 is 1.50 bits per heavy atom. The maximum absolute atomic E-state index is 11.7. The SMILES string of the molecule is COC(C)(C)C(=O)NC1CC=CCC1. The van der Waals surface area contributed by atoms with Crippen molar-refractivity contribution in [1.82, 2.24) is 5.32 Å². The van der Waals surface area contributed by atoms with E-state index < -0.39 is 5.60 Å². The van der Waals surface area contributed by atoms with Crippen LogP contribution in [-0.2, 0) is 9.53 Å². The molecule has 80 valence electrons. The van der Waals surface area contributed by atoms with Gasteiger partial charge in [-0.3, -0.25) is 4.79 Å². The first-order valence-electron chi connectivity index (χ1n) is 5.07. The van der Waals surface area contributed by atoms with Gasteiger partial charge in [0, 0.05) is 13.2 Å². The number of hydrogen-bond donors (Lipinski definition) is 1. The molecule has 0 saturated carbocycles. The van der Waals surface area contributed by atoms with Crippen LogP contribution in [-0.4, -0.2) is 24.7 Å². The van der Waals surface area contributed by atoms with Crippen molar-refractivity contribution in [2.75, 3.05) is 7.11 Å². The van der Waals surface area contributed by atoms with Crippen LogP contribution in [0, 0.1) is 0 Å². The molecule has 1 unspecified atom stereocenters. The Labute approximate surface area is 85.5 Å². The van der Waals surface area contributed by atoms with Gasteiger partial charge in [-0.2, -0.15) is 0 Å². The summed E-state index contributed by atoms with van der Waals surface area (Å²) in [6, 6.07) is 0.280. The van der Waals surface area contributed by atoms with Crippen molar-refractivity contribution in [2.24, 2.45) is 0 Å². The predicted molar refractivity (Wildman–Crippen MR) is 56.0 cm³/mol. The molecular weight excluding hydrogens is 178 g/mol. The van der Waals surface area contributed by atoms with Crippen molar-refractivity contribution in [2.45, 2.75) is 44.8 Å². The molecule has 0 aromatic heterocycles. The Morgan fingerprint density at radius 3 is 2.71 bits per heavy atom. The highest BCUT2D eigenvalue weighted by molar-refractivity contribution is 5.84. The van der Waals surface area contributed by atoms with Gasteiger partial charge in [-0.05, 0) is 33.1 Å². The Balaban J connectivity index is 2.44. The molecule has 0 spiro atoms. The molecule has 0 aromatic rings. The number of rotatable bonds is 3. The lowest BCUT2D eigenvalue weighted by molar-refractivity contribution is -0.140. The monoisotopic (exact) mass is 197 g/mol. The van der Waals surface area contributed by atoms with E-state index in [-0.39, 0.29) is 11.9 Å². The number of allylic oxidation sites excluding steroid dienone is 1. The van der Waals surface area contributed by atoms with Gasteiger partial charge >= 0.3 is 0 Å². The number of ether oxygens (including phenoxy) is 1. The predicted octanol–water partition coefficient (Wildman–Crippen LogP) is 1.64. The Bertz CT molecular complexity index is 233. The third-order valence-corrected chi connectivity index (χ3v) is 2.66. The summed E-state index contributed by atoms with van der Waals surface area (Å²) in [5, 5.41) is 2.99. The summed E-state index contributed by atoms with van der Waals surface area (Å²) in [4.78, 5) is 11.7. The number of methoxy groups -OCH3 is 1. The smallest absolute Gasteiger partial charge is 0.251 e. The Hall–Kier alpha value is -0.830. The summed E-state index contributed by atoms with van der Waals surface area (Å²) in [6.07, 6.45) is 7.30. The van der Waals surface area contributed by atoms with E-state index in [1.54, 1.807) is 21.0 Å². The third kappa shape index (κ3) is 2.84. The highest BCUT2D eigenvalue weighted by Crippen LogP contribution is 2.13. The average Bonchev–Trinajstić information content (AvgIpc) is 2.19. The molecule has 1 aliphatic rings. The highest BCUT2D eigenvalue weighted by atomic mass is 16.5. The van der Waals surface area contributed by atoms with Crippen molar-refractivity contribution in [3.05, 3.63) is 12.2 Å². The van der Waals surface area contributed by atoms with E-state index >= 15 is 0 Å². The van der Waals surface area contributed by atoms with E-state index in [2.05, 4.69) is 17.5 Å². The molecule has 1 rings (SSSR count). The minimum absolute atomic E-state index is 0.0275. The van der Waals surface area contributed by atoms with Crippen molar-refractivity contribution >= 4 is 5.91 Å². The van der Waals surface area contributed by atoms with Gasteiger partial charge in [-0.1, -0.05) is 12.2 Å². The van der Waals surface area contributed by atoms with Crippen LogP contribution in [0.15, 0.2) is 12.2 Å². The van der Waals surface area contributed by atoms with Gasteiger partial charge in [0.2, 0.25) is 0 Å². The van der Waals surface area contributed by atoms with Gasteiger partial charge in [0.1, 0.15) is 5.60 Å². The quantitative estimate of drug-likeness (QED) is 0.698. The average molecular weight is 197 g/mol. The first-order chi connectivity index (χ1) is 6.56. The van der Waals surface area contributed by atoms with Gasteiger partial charge in [0.05, 0.1) is 0 Å². The summed E-state index contributed by atoms with van der Waals surface area (Å²) in [5.74, 6) is -0.0275. The zero-order chi connectivity index (χ0) is 10.6. The first kappa shape index (κ1) is 11.2. The zero-order valence-electron chi connectivity index (χ0n) is 9.17. The molecular formula is C11H19NO2. The normalized spacial score (nSPS) is 22.1. The second kappa shape index (κ2) is 4.60. The Morgan fingerprint density at radius 2 is 2.21 bits per heavy atom. The van der Waals surface area contributed by atoms with Gasteiger partial charge < -0.3 is 10.1 Å². The van der Waals surface area contributed by atoms with Gasteiger partial charge in [-0.15, -0.1) is 0 Å². The van der Waals surface area contributed by atoms with Crippen LogP contribution < -0.4 is 5.32 Å². The molecule has 1 atom stereocenters. The Kier molecular flexibility index (Phi) is 3.69. The summed E-state index contributed by atoms with van der Waals surface area (Å²) in [5.41, 5.74) is -0.721. The fraction of sp³-hybridized carbons (Fsp3) is 0.727. The molecule has 0 heterocycles. The van der Waals surface area contributed by atoms with Crippen molar-refractivity contribution in [3.8, 4) is 0 Å². The number of hydrogen-bond acceptors (Lipinski definition) is 2. The molecule has 0 saturated heterocycles. The van der Waals surface area contributed by atoms with Crippen molar-refractivity contribution in [1.29, 1.82) is 0 Å². The van der Waals surface area contributed by atoms with Crippen LogP contribution in [0.2, 0.25) is 0 Å². The largest absolute Gasteiger partial charge is 0.369 e. The maximum atomic E-state index is 11.7. The molecule has 0 fully saturated rings.